The average molecular weight is 214 g/mol. The number of hydrogen-bond acceptors (Lipinski definition) is 1. The van der Waals surface area contributed by atoms with Crippen molar-refractivity contribution in [1.82, 2.24) is 0 Å². The van der Waals surface area contributed by atoms with E-state index in [0.717, 1.165) is 0 Å². The third-order valence-electron chi connectivity index (χ3n) is 3.24. The molecule has 0 spiro atoms. The predicted octanol–water partition coefficient (Wildman–Crippen LogP) is 3.42. The van der Waals surface area contributed by atoms with Crippen molar-refractivity contribution < 1.29 is 5.11 Å². The van der Waals surface area contributed by atoms with Crippen LogP contribution in [0.4, 0.5) is 0 Å². The van der Waals surface area contributed by atoms with E-state index in [2.05, 4.69) is 57.2 Å². The zero-order valence-electron chi connectivity index (χ0n) is 10.1. The Morgan fingerprint density at radius 1 is 1.06 bits per heavy atom. The summed E-state index contributed by atoms with van der Waals surface area (Å²) in [4.78, 5) is 0. The molecule has 0 heterocycles. The molecule has 0 aliphatic heterocycles. The van der Waals surface area contributed by atoms with E-state index in [9.17, 15) is 5.11 Å². The van der Waals surface area contributed by atoms with Gasteiger partial charge in [-0.1, -0.05) is 50.2 Å². The normalized spacial score (nSPS) is 12.0. The molecule has 0 saturated carbocycles. The van der Waals surface area contributed by atoms with E-state index < -0.39 is 0 Å². The number of benzene rings is 2. The highest BCUT2D eigenvalue weighted by molar-refractivity contribution is 5.89. The Labute approximate surface area is 96.7 Å². The molecule has 0 atom stereocenters. The van der Waals surface area contributed by atoms with E-state index in [-0.39, 0.29) is 12.0 Å². The largest absolute Gasteiger partial charge is 0.395 e. The van der Waals surface area contributed by atoms with Crippen molar-refractivity contribution in [3.63, 3.8) is 0 Å². The fourth-order valence-corrected chi connectivity index (χ4v) is 2.18. The van der Waals surface area contributed by atoms with Crippen molar-refractivity contribution >= 4 is 10.8 Å². The van der Waals surface area contributed by atoms with Crippen molar-refractivity contribution in [2.45, 2.75) is 26.2 Å². The lowest BCUT2D eigenvalue weighted by atomic mass is 9.81. The summed E-state index contributed by atoms with van der Waals surface area (Å²) in [5, 5.41) is 12.0. The monoisotopic (exact) mass is 214 g/mol. The fourth-order valence-electron chi connectivity index (χ4n) is 2.18. The molecule has 1 N–H and O–H groups in total. The summed E-state index contributed by atoms with van der Waals surface area (Å²) in [6, 6.07) is 12.6. The highest BCUT2D eigenvalue weighted by Gasteiger charge is 2.22. The molecule has 16 heavy (non-hydrogen) atoms. The molecule has 0 bridgehead atoms. The van der Waals surface area contributed by atoms with Gasteiger partial charge in [0.15, 0.2) is 0 Å². The second-order valence-electron chi connectivity index (χ2n) is 5.02. The van der Waals surface area contributed by atoms with Crippen LogP contribution in [-0.2, 0) is 5.41 Å². The summed E-state index contributed by atoms with van der Waals surface area (Å²) in [5.41, 5.74) is 2.31. The standard InChI is InChI=1S/C15H18O/c1-11-6-4-7-12-8-5-9-13(14(11)12)15(2,3)10-16/h4-9,16H,10H2,1-3H3. The van der Waals surface area contributed by atoms with Gasteiger partial charge in [-0.15, -0.1) is 0 Å². The van der Waals surface area contributed by atoms with Gasteiger partial charge < -0.3 is 5.11 Å². The van der Waals surface area contributed by atoms with Gasteiger partial charge in [0.1, 0.15) is 0 Å². The van der Waals surface area contributed by atoms with Gasteiger partial charge in [-0.2, -0.15) is 0 Å². The predicted molar refractivity (Wildman–Crippen MR) is 68.8 cm³/mol. The first-order valence-corrected chi connectivity index (χ1v) is 5.66. The second-order valence-corrected chi connectivity index (χ2v) is 5.02. The molecule has 0 aliphatic rings. The molecule has 2 rings (SSSR count). The highest BCUT2D eigenvalue weighted by Crippen LogP contribution is 2.31. The van der Waals surface area contributed by atoms with E-state index in [1.54, 1.807) is 0 Å². The molecule has 2 aromatic rings. The van der Waals surface area contributed by atoms with Crippen LogP contribution in [0.5, 0.6) is 0 Å². The summed E-state index contributed by atoms with van der Waals surface area (Å²) < 4.78 is 0. The molecule has 1 heteroatoms. The zero-order valence-corrected chi connectivity index (χ0v) is 10.1. The van der Waals surface area contributed by atoms with Crippen LogP contribution in [0.25, 0.3) is 10.8 Å². The molecule has 0 radical (unpaired) electrons. The maximum Gasteiger partial charge on any atom is 0.0522 e. The Balaban J connectivity index is 2.80. The zero-order chi connectivity index (χ0) is 11.8. The minimum Gasteiger partial charge on any atom is -0.395 e. The highest BCUT2D eigenvalue weighted by atomic mass is 16.3. The summed E-state index contributed by atoms with van der Waals surface area (Å²) >= 11 is 0. The minimum atomic E-state index is -0.189. The van der Waals surface area contributed by atoms with Crippen molar-refractivity contribution in [3.8, 4) is 0 Å². The van der Waals surface area contributed by atoms with Gasteiger partial charge in [-0.25, -0.2) is 0 Å². The maximum absolute atomic E-state index is 9.50. The van der Waals surface area contributed by atoms with E-state index in [0.29, 0.717) is 0 Å². The molecule has 84 valence electrons. The number of aryl methyl sites for hydroxylation is 1. The first kappa shape index (κ1) is 11.2. The van der Waals surface area contributed by atoms with Crippen LogP contribution in [-0.4, -0.2) is 11.7 Å². The van der Waals surface area contributed by atoms with Crippen LogP contribution in [0.1, 0.15) is 25.0 Å². The van der Waals surface area contributed by atoms with Crippen LogP contribution < -0.4 is 0 Å². The van der Waals surface area contributed by atoms with Crippen LogP contribution in [0.3, 0.4) is 0 Å². The average Bonchev–Trinajstić information content (AvgIpc) is 2.29. The molecule has 1 nitrogen and oxygen atoms in total. The van der Waals surface area contributed by atoms with Gasteiger partial charge in [0.2, 0.25) is 0 Å². The molecule has 0 saturated heterocycles. The molecule has 0 fully saturated rings. The Bertz CT molecular complexity index is 507. The molecular formula is C15H18O. The number of hydrogen-bond donors (Lipinski definition) is 1. The molecule has 2 aromatic carbocycles. The van der Waals surface area contributed by atoms with Gasteiger partial charge in [0.05, 0.1) is 6.61 Å². The third-order valence-corrected chi connectivity index (χ3v) is 3.24. The van der Waals surface area contributed by atoms with Crippen molar-refractivity contribution in [2.75, 3.05) is 6.61 Å². The molecule has 0 aliphatic carbocycles. The van der Waals surface area contributed by atoms with E-state index in [1.165, 1.54) is 21.9 Å². The first-order valence-electron chi connectivity index (χ1n) is 5.66. The lowest BCUT2D eigenvalue weighted by Crippen LogP contribution is -2.22. The third kappa shape index (κ3) is 1.72. The maximum atomic E-state index is 9.50. The lowest BCUT2D eigenvalue weighted by molar-refractivity contribution is 0.219. The van der Waals surface area contributed by atoms with Crippen molar-refractivity contribution in [3.05, 3.63) is 47.5 Å². The summed E-state index contributed by atoms with van der Waals surface area (Å²) in [5.74, 6) is 0. The topological polar surface area (TPSA) is 20.2 Å². The van der Waals surface area contributed by atoms with Crippen LogP contribution in [0.2, 0.25) is 0 Å². The molecular weight excluding hydrogens is 196 g/mol. The van der Waals surface area contributed by atoms with Crippen molar-refractivity contribution in [1.29, 1.82) is 0 Å². The SMILES string of the molecule is Cc1cccc2cccc(C(C)(C)CO)c12. The van der Waals surface area contributed by atoms with Crippen LogP contribution in [0, 0.1) is 6.92 Å². The summed E-state index contributed by atoms with van der Waals surface area (Å²) in [6.45, 7) is 6.45. The summed E-state index contributed by atoms with van der Waals surface area (Å²) in [7, 11) is 0. The lowest BCUT2D eigenvalue weighted by Gasteiger charge is -2.25. The molecule has 0 unspecified atom stereocenters. The first-order chi connectivity index (χ1) is 7.56. The van der Waals surface area contributed by atoms with Gasteiger partial charge >= 0.3 is 0 Å². The number of rotatable bonds is 2. The Morgan fingerprint density at radius 3 is 2.31 bits per heavy atom. The Morgan fingerprint density at radius 2 is 1.69 bits per heavy atom. The Kier molecular flexibility index (Phi) is 2.73. The van der Waals surface area contributed by atoms with E-state index >= 15 is 0 Å². The van der Waals surface area contributed by atoms with E-state index in [4.69, 9.17) is 0 Å². The van der Waals surface area contributed by atoms with Crippen LogP contribution >= 0.6 is 0 Å². The fraction of sp³-hybridized carbons (Fsp3) is 0.333. The summed E-state index contributed by atoms with van der Waals surface area (Å²) in [6.07, 6.45) is 0. The van der Waals surface area contributed by atoms with Gasteiger partial charge in [0, 0.05) is 5.41 Å². The van der Waals surface area contributed by atoms with Crippen molar-refractivity contribution in [2.24, 2.45) is 0 Å². The second kappa shape index (κ2) is 3.91. The quantitative estimate of drug-likeness (QED) is 0.812. The smallest absolute Gasteiger partial charge is 0.0522 e. The molecule has 0 aromatic heterocycles. The van der Waals surface area contributed by atoms with Gasteiger partial charge in [0.25, 0.3) is 0 Å². The van der Waals surface area contributed by atoms with Crippen LogP contribution in [0.15, 0.2) is 36.4 Å². The minimum absolute atomic E-state index is 0.167. The van der Waals surface area contributed by atoms with E-state index in [1.807, 2.05) is 0 Å². The Hall–Kier alpha value is -1.34. The molecule has 0 amide bonds. The van der Waals surface area contributed by atoms with Gasteiger partial charge in [-0.05, 0) is 28.8 Å². The van der Waals surface area contributed by atoms with Gasteiger partial charge in [-0.3, -0.25) is 0 Å². The number of aliphatic hydroxyl groups excluding tert-OH is 1. The number of aliphatic hydroxyl groups is 1. The number of fused-ring (bicyclic) bond motifs is 1.